The first-order valence-electron chi connectivity index (χ1n) is 9.89. The molecule has 1 aliphatic heterocycles. The standard InChI is InChI=1S/C23H20N2O5S2/c1-4-30-22(29)20-13(3)24-23(32-20)25-17(14-9-7-12(2)8-10-14)16(19(27)21(25)28)18(26)15-6-5-11-31-15/h5-11,17,27H,4H2,1-3H3/t17-/m1/s1. The van der Waals surface area contributed by atoms with Crippen LogP contribution in [0, 0.1) is 13.8 Å². The number of benzene rings is 1. The highest BCUT2D eigenvalue weighted by atomic mass is 32.1. The van der Waals surface area contributed by atoms with E-state index >= 15 is 0 Å². The van der Waals surface area contributed by atoms with Crippen molar-refractivity contribution in [3.8, 4) is 0 Å². The van der Waals surface area contributed by atoms with E-state index in [1.54, 1.807) is 31.4 Å². The maximum absolute atomic E-state index is 13.3. The first kappa shape index (κ1) is 21.9. The van der Waals surface area contributed by atoms with Crippen molar-refractivity contribution in [1.29, 1.82) is 0 Å². The molecule has 9 heteroatoms. The maximum Gasteiger partial charge on any atom is 0.350 e. The molecule has 1 N–H and O–H groups in total. The van der Waals surface area contributed by atoms with Crippen LogP contribution in [0.5, 0.6) is 0 Å². The molecule has 0 saturated carbocycles. The number of anilines is 1. The summed E-state index contributed by atoms with van der Waals surface area (Å²) in [5.74, 6) is -2.30. The molecule has 0 radical (unpaired) electrons. The minimum Gasteiger partial charge on any atom is -0.503 e. The van der Waals surface area contributed by atoms with E-state index in [1.807, 2.05) is 31.2 Å². The van der Waals surface area contributed by atoms with Crippen LogP contribution in [-0.2, 0) is 9.53 Å². The number of carbonyl (C=O) groups is 3. The van der Waals surface area contributed by atoms with Gasteiger partial charge in [-0.1, -0.05) is 47.2 Å². The van der Waals surface area contributed by atoms with E-state index in [0.717, 1.165) is 16.9 Å². The summed E-state index contributed by atoms with van der Waals surface area (Å²) in [6, 6.07) is 9.88. The number of hydrogen-bond acceptors (Lipinski definition) is 8. The highest BCUT2D eigenvalue weighted by Crippen LogP contribution is 2.44. The van der Waals surface area contributed by atoms with Gasteiger partial charge in [0.05, 0.1) is 28.8 Å². The molecule has 0 bridgehead atoms. The fourth-order valence-corrected chi connectivity index (χ4v) is 5.18. The monoisotopic (exact) mass is 468 g/mol. The van der Waals surface area contributed by atoms with Crippen LogP contribution in [0.15, 0.2) is 53.1 Å². The number of amides is 1. The third kappa shape index (κ3) is 3.74. The molecule has 3 aromatic rings. The lowest BCUT2D eigenvalue weighted by Gasteiger charge is -2.24. The first-order valence-corrected chi connectivity index (χ1v) is 11.6. The van der Waals surface area contributed by atoms with Crippen molar-refractivity contribution in [2.24, 2.45) is 0 Å². The Kier molecular flexibility index (Phi) is 5.94. The lowest BCUT2D eigenvalue weighted by Crippen LogP contribution is -2.31. The van der Waals surface area contributed by atoms with E-state index in [1.165, 1.54) is 16.2 Å². The molecular weight excluding hydrogens is 448 g/mol. The van der Waals surface area contributed by atoms with Crippen LogP contribution in [0.25, 0.3) is 0 Å². The van der Waals surface area contributed by atoms with E-state index in [0.29, 0.717) is 16.1 Å². The van der Waals surface area contributed by atoms with Crippen LogP contribution in [0.4, 0.5) is 5.13 Å². The molecule has 0 aliphatic carbocycles. The van der Waals surface area contributed by atoms with E-state index in [-0.39, 0.29) is 22.2 Å². The zero-order valence-electron chi connectivity index (χ0n) is 17.6. The molecular formula is C23H20N2O5S2. The van der Waals surface area contributed by atoms with Crippen LogP contribution in [0.3, 0.4) is 0 Å². The number of hydrogen-bond donors (Lipinski definition) is 1. The molecule has 1 aromatic carbocycles. The Morgan fingerprint density at radius 1 is 1.19 bits per heavy atom. The number of thiazole rings is 1. The number of esters is 1. The van der Waals surface area contributed by atoms with Gasteiger partial charge in [-0.15, -0.1) is 11.3 Å². The summed E-state index contributed by atoms with van der Waals surface area (Å²) in [4.78, 5) is 45.1. The highest BCUT2D eigenvalue weighted by molar-refractivity contribution is 7.17. The van der Waals surface area contributed by atoms with Gasteiger partial charge in [-0.25, -0.2) is 9.78 Å². The Hall–Kier alpha value is -3.30. The van der Waals surface area contributed by atoms with Crippen LogP contribution in [-0.4, -0.2) is 34.4 Å². The fraction of sp³-hybridized carbons (Fsp3) is 0.217. The molecule has 0 spiro atoms. The van der Waals surface area contributed by atoms with Crippen LogP contribution in [0.2, 0.25) is 0 Å². The summed E-state index contributed by atoms with van der Waals surface area (Å²) < 4.78 is 5.08. The third-order valence-corrected chi connectivity index (χ3v) is 7.05. The molecule has 1 atom stereocenters. The summed E-state index contributed by atoms with van der Waals surface area (Å²) in [7, 11) is 0. The van der Waals surface area contributed by atoms with Gasteiger partial charge in [0.2, 0.25) is 5.78 Å². The van der Waals surface area contributed by atoms with Crippen LogP contribution >= 0.6 is 22.7 Å². The number of rotatable bonds is 6. The number of ether oxygens (including phenoxy) is 1. The van der Waals surface area contributed by atoms with Crippen molar-refractivity contribution in [3.05, 3.63) is 79.7 Å². The van der Waals surface area contributed by atoms with Crippen molar-refractivity contribution in [2.45, 2.75) is 26.8 Å². The van der Waals surface area contributed by atoms with Gasteiger partial charge in [0, 0.05) is 0 Å². The second kappa shape index (κ2) is 8.68. The Morgan fingerprint density at radius 2 is 1.91 bits per heavy atom. The van der Waals surface area contributed by atoms with Gasteiger partial charge in [0.1, 0.15) is 4.88 Å². The number of aryl methyl sites for hydroxylation is 2. The van der Waals surface area contributed by atoms with Crippen molar-refractivity contribution >= 4 is 45.5 Å². The minimum absolute atomic E-state index is 0.00755. The summed E-state index contributed by atoms with van der Waals surface area (Å²) in [5.41, 5.74) is 2.07. The fourth-order valence-electron chi connectivity index (χ4n) is 3.51. The van der Waals surface area contributed by atoms with Crippen LogP contribution < -0.4 is 4.90 Å². The molecule has 0 fully saturated rings. The number of aliphatic hydroxyl groups excluding tert-OH is 1. The van der Waals surface area contributed by atoms with Gasteiger partial charge in [-0.2, -0.15) is 0 Å². The lowest BCUT2D eigenvalue weighted by molar-refractivity contribution is -0.117. The molecule has 0 saturated heterocycles. The Labute approximate surface area is 192 Å². The smallest absolute Gasteiger partial charge is 0.350 e. The number of carbonyl (C=O) groups excluding carboxylic acids is 3. The lowest BCUT2D eigenvalue weighted by atomic mass is 9.95. The van der Waals surface area contributed by atoms with E-state index < -0.39 is 29.5 Å². The number of thiophene rings is 1. The molecule has 32 heavy (non-hydrogen) atoms. The predicted molar refractivity (Wildman–Crippen MR) is 123 cm³/mol. The summed E-state index contributed by atoms with van der Waals surface area (Å²) in [6.07, 6.45) is 0. The van der Waals surface area contributed by atoms with E-state index in [4.69, 9.17) is 4.74 Å². The second-order valence-electron chi connectivity index (χ2n) is 7.19. The van der Waals surface area contributed by atoms with Gasteiger partial charge in [0.15, 0.2) is 10.9 Å². The molecule has 0 unspecified atom stereocenters. The Morgan fingerprint density at radius 3 is 2.53 bits per heavy atom. The zero-order valence-corrected chi connectivity index (χ0v) is 19.3. The molecule has 4 rings (SSSR count). The van der Waals surface area contributed by atoms with Crippen molar-refractivity contribution in [2.75, 3.05) is 11.5 Å². The zero-order chi connectivity index (χ0) is 23.0. The summed E-state index contributed by atoms with van der Waals surface area (Å²) >= 11 is 2.23. The normalized spacial score (nSPS) is 16.0. The van der Waals surface area contributed by atoms with Crippen molar-refractivity contribution in [1.82, 2.24) is 4.98 Å². The van der Waals surface area contributed by atoms with Gasteiger partial charge in [0.25, 0.3) is 5.91 Å². The number of aliphatic hydroxyl groups is 1. The van der Waals surface area contributed by atoms with E-state index in [2.05, 4.69) is 4.98 Å². The summed E-state index contributed by atoms with van der Waals surface area (Å²) in [5, 5.41) is 12.7. The molecule has 1 aliphatic rings. The molecule has 7 nitrogen and oxygen atoms in total. The Bertz CT molecular complexity index is 1230. The SMILES string of the molecule is CCOC(=O)c1sc(N2C(=O)C(O)=C(C(=O)c3cccs3)[C@H]2c2ccc(C)cc2)nc1C. The summed E-state index contributed by atoms with van der Waals surface area (Å²) in [6.45, 7) is 5.50. The molecule has 1 amide bonds. The molecule has 3 heterocycles. The van der Waals surface area contributed by atoms with Crippen LogP contribution in [0.1, 0.15) is 49.1 Å². The van der Waals surface area contributed by atoms with Gasteiger partial charge >= 0.3 is 5.97 Å². The number of nitrogens with zero attached hydrogens (tertiary/aromatic N) is 2. The Balaban J connectivity index is 1.84. The maximum atomic E-state index is 13.3. The topological polar surface area (TPSA) is 96.8 Å². The third-order valence-electron chi connectivity index (χ3n) is 5.04. The molecule has 2 aromatic heterocycles. The number of aromatic nitrogens is 1. The largest absolute Gasteiger partial charge is 0.503 e. The van der Waals surface area contributed by atoms with Gasteiger partial charge in [-0.3, -0.25) is 14.5 Å². The highest BCUT2D eigenvalue weighted by Gasteiger charge is 2.46. The van der Waals surface area contributed by atoms with Gasteiger partial charge < -0.3 is 9.84 Å². The minimum atomic E-state index is -0.877. The average molecular weight is 469 g/mol. The van der Waals surface area contributed by atoms with E-state index in [9.17, 15) is 19.5 Å². The quantitative estimate of drug-likeness (QED) is 0.413. The average Bonchev–Trinajstić information content (AvgIpc) is 3.48. The number of ketones is 1. The second-order valence-corrected chi connectivity index (χ2v) is 9.11. The first-order chi connectivity index (χ1) is 15.3. The molecule has 164 valence electrons. The predicted octanol–water partition coefficient (Wildman–Crippen LogP) is 4.78. The van der Waals surface area contributed by atoms with Gasteiger partial charge in [-0.05, 0) is 37.8 Å². The van der Waals surface area contributed by atoms with Crippen molar-refractivity contribution in [3.63, 3.8) is 0 Å². The number of Topliss-reactive ketones (excluding diaryl/α,β-unsaturated/α-hetero) is 1. The van der Waals surface area contributed by atoms with Crippen molar-refractivity contribution < 1.29 is 24.2 Å².